The summed E-state index contributed by atoms with van der Waals surface area (Å²) in [6, 6.07) is 0. The van der Waals surface area contributed by atoms with Crippen LogP contribution in [0.3, 0.4) is 0 Å². The molecular formula is C24H39BrN4. The molecule has 0 spiro atoms. The lowest BCUT2D eigenvalue weighted by molar-refractivity contribution is 0.301. The molecule has 162 valence electrons. The second kappa shape index (κ2) is 17.1. The summed E-state index contributed by atoms with van der Waals surface area (Å²) in [6.07, 6.45) is 19.8. The normalized spacial score (nSPS) is 17.0. The molecule has 1 saturated carbocycles. The highest BCUT2D eigenvalue weighted by molar-refractivity contribution is 9.12. The van der Waals surface area contributed by atoms with Crippen molar-refractivity contribution in [1.29, 1.82) is 0 Å². The van der Waals surface area contributed by atoms with Gasteiger partial charge in [-0.25, -0.2) is 5.01 Å². The van der Waals surface area contributed by atoms with E-state index in [0.717, 1.165) is 29.2 Å². The number of nitrogens with one attached hydrogen (secondary N) is 1. The first-order valence-corrected chi connectivity index (χ1v) is 11.1. The van der Waals surface area contributed by atoms with Crippen molar-refractivity contribution in [3.63, 3.8) is 0 Å². The number of hydrogen-bond acceptors (Lipinski definition) is 4. The van der Waals surface area contributed by atoms with Crippen LogP contribution in [-0.2, 0) is 0 Å². The van der Waals surface area contributed by atoms with Crippen molar-refractivity contribution in [2.45, 2.75) is 26.7 Å². The van der Waals surface area contributed by atoms with Gasteiger partial charge in [-0.3, -0.25) is 5.84 Å². The molecule has 0 aromatic heterocycles. The average molecular weight is 464 g/mol. The minimum atomic E-state index is 0.179. The topological polar surface area (TPSA) is 67.3 Å². The van der Waals surface area contributed by atoms with Gasteiger partial charge in [-0.1, -0.05) is 63.0 Å². The number of hydrazine groups is 1. The van der Waals surface area contributed by atoms with Crippen molar-refractivity contribution in [3.8, 4) is 0 Å². The Labute approximate surface area is 186 Å². The zero-order valence-corrected chi connectivity index (χ0v) is 19.7. The SMILES string of the molecule is C=C/C=C\C(C=C)C(C=C)CNC(=C/C=C/CN(N)CC1CC1)/C(Br)=C/N.CC. The van der Waals surface area contributed by atoms with Crippen molar-refractivity contribution in [3.05, 3.63) is 84.7 Å². The van der Waals surface area contributed by atoms with Crippen LogP contribution >= 0.6 is 15.9 Å². The van der Waals surface area contributed by atoms with Crippen molar-refractivity contribution in [1.82, 2.24) is 10.3 Å². The molecule has 4 nitrogen and oxygen atoms in total. The van der Waals surface area contributed by atoms with Crippen molar-refractivity contribution in [2.75, 3.05) is 19.6 Å². The van der Waals surface area contributed by atoms with Crippen LogP contribution in [0.15, 0.2) is 84.7 Å². The third-order valence-electron chi connectivity index (χ3n) is 4.40. The van der Waals surface area contributed by atoms with Crippen LogP contribution in [0.2, 0.25) is 0 Å². The number of nitrogens with two attached hydrogens (primary N) is 2. The van der Waals surface area contributed by atoms with E-state index in [1.807, 2.05) is 55.3 Å². The van der Waals surface area contributed by atoms with Gasteiger partial charge < -0.3 is 11.1 Å². The van der Waals surface area contributed by atoms with E-state index in [1.165, 1.54) is 19.0 Å². The molecule has 0 aliphatic heterocycles. The van der Waals surface area contributed by atoms with Crippen LogP contribution in [0.25, 0.3) is 0 Å². The van der Waals surface area contributed by atoms with E-state index in [-0.39, 0.29) is 11.8 Å². The lowest BCUT2D eigenvalue weighted by Gasteiger charge is -2.20. The van der Waals surface area contributed by atoms with Crippen LogP contribution in [0.5, 0.6) is 0 Å². The van der Waals surface area contributed by atoms with E-state index < -0.39 is 0 Å². The second-order valence-corrected chi connectivity index (χ2v) is 7.49. The van der Waals surface area contributed by atoms with Gasteiger partial charge in [0.15, 0.2) is 0 Å². The van der Waals surface area contributed by atoms with Crippen LogP contribution in [0.1, 0.15) is 26.7 Å². The minimum Gasteiger partial charge on any atom is -0.404 e. The molecular weight excluding hydrogens is 424 g/mol. The summed E-state index contributed by atoms with van der Waals surface area (Å²) in [5.41, 5.74) is 6.58. The third-order valence-corrected chi connectivity index (χ3v) is 5.09. The van der Waals surface area contributed by atoms with Gasteiger partial charge in [0, 0.05) is 43.4 Å². The molecule has 2 unspecified atom stereocenters. The molecule has 0 aromatic rings. The van der Waals surface area contributed by atoms with E-state index in [1.54, 1.807) is 6.08 Å². The van der Waals surface area contributed by atoms with E-state index >= 15 is 0 Å². The quantitative estimate of drug-likeness (QED) is 0.144. The monoisotopic (exact) mass is 462 g/mol. The lowest BCUT2D eigenvalue weighted by Crippen LogP contribution is -2.33. The number of nitrogens with zero attached hydrogens (tertiary/aromatic N) is 1. The Bertz CT molecular complexity index is 600. The molecule has 0 aromatic carbocycles. The Hall–Kier alpha value is -1.82. The highest BCUT2D eigenvalue weighted by Crippen LogP contribution is 2.28. The minimum absolute atomic E-state index is 0.179. The summed E-state index contributed by atoms with van der Waals surface area (Å²) in [6.45, 7) is 18.0. The van der Waals surface area contributed by atoms with Crippen molar-refractivity contribution in [2.24, 2.45) is 29.3 Å². The zero-order valence-electron chi connectivity index (χ0n) is 18.1. The molecule has 0 bridgehead atoms. The largest absolute Gasteiger partial charge is 0.404 e. The maximum atomic E-state index is 5.99. The fourth-order valence-electron chi connectivity index (χ4n) is 2.59. The molecule has 0 radical (unpaired) electrons. The van der Waals surface area contributed by atoms with Crippen LogP contribution < -0.4 is 16.9 Å². The number of hydrogen-bond donors (Lipinski definition) is 3. The summed E-state index contributed by atoms with van der Waals surface area (Å²) in [5.74, 6) is 7.16. The van der Waals surface area contributed by atoms with Gasteiger partial charge in [-0.2, -0.15) is 0 Å². The van der Waals surface area contributed by atoms with Crippen LogP contribution in [-0.4, -0.2) is 24.6 Å². The molecule has 1 rings (SSSR count). The van der Waals surface area contributed by atoms with E-state index in [0.29, 0.717) is 6.54 Å². The molecule has 1 fully saturated rings. The molecule has 1 aliphatic carbocycles. The summed E-state index contributed by atoms with van der Waals surface area (Å²) in [7, 11) is 0. The Kier molecular flexibility index (Phi) is 16.0. The molecule has 0 heterocycles. The molecule has 1 aliphatic rings. The molecule has 0 amide bonds. The predicted molar refractivity (Wildman–Crippen MR) is 133 cm³/mol. The Morgan fingerprint density at radius 3 is 2.41 bits per heavy atom. The average Bonchev–Trinajstić information content (AvgIpc) is 3.56. The first-order chi connectivity index (χ1) is 14.0. The zero-order chi connectivity index (χ0) is 22.1. The van der Waals surface area contributed by atoms with Crippen LogP contribution in [0.4, 0.5) is 0 Å². The van der Waals surface area contributed by atoms with Gasteiger partial charge in [0.1, 0.15) is 0 Å². The summed E-state index contributed by atoms with van der Waals surface area (Å²) in [4.78, 5) is 0. The van der Waals surface area contributed by atoms with Gasteiger partial charge >= 0.3 is 0 Å². The number of allylic oxidation sites excluding steroid dienone is 7. The fraction of sp³-hybridized carbons (Fsp3) is 0.417. The molecule has 5 heteroatoms. The summed E-state index contributed by atoms with van der Waals surface area (Å²) in [5, 5.41) is 5.29. The van der Waals surface area contributed by atoms with E-state index in [2.05, 4.69) is 47.1 Å². The smallest absolute Gasteiger partial charge is 0.0561 e. The maximum Gasteiger partial charge on any atom is 0.0561 e. The third kappa shape index (κ3) is 12.4. The first-order valence-electron chi connectivity index (χ1n) is 10.3. The molecule has 5 N–H and O–H groups in total. The van der Waals surface area contributed by atoms with Gasteiger partial charge in [-0.05, 0) is 40.8 Å². The second-order valence-electron chi connectivity index (χ2n) is 6.63. The predicted octanol–water partition coefficient (Wildman–Crippen LogP) is 5.17. The van der Waals surface area contributed by atoms with Crippen LogP contribution in [0, 0.1) is 17.8 Å². The number of halogens is 1. The molecule has 29 heavy (non-hydrogen) atoms. The van der Waals surface area contributed by atoms with Gasteiger partial charge in [0.2, 0.25) is 0 Å². The lowest BCUT2D eigenvalue weighted by atomic mass is 9.91. The van der Waals surface area contributed by atoms with E-state index in [9.17, 15) is 0 Å². The first kappa shape index (κ1) is 27.2. The summed E-state index contributed by atoms with van der Waals surface area (Å²) < 4.78 is 0.800. The fourth-order valence-corrected chi connectivity index (χ4v) is 2.86. The highest BCUT2D eigenvalue weighted by atomic mass is 79.9. The van der Waals surface area contributed by atoms with E-state index in [4.69, 9.17) is 11.6 Å². The van der Waals surface area contributed by atoms with Crippen molar-refractivity contribution < 1.29 is 0 Å². The summed E-state index contributed by atoms with van der Waals surface area (Å²) >= 11 is 3.50. The van der Waals surface area contributed by atoms with Gasteiger partial charge in [-0.15, -0.1) is 13.2 Å². The van der Waals surface area contributed by atoms with Gasteiger partial charge in [0.05, 0.1) is 4.48 Å². The molecule has 0 saturated heterocycles. The van der Waals surface area contributed by atoms with Gasteiger partial charge in [0.25, 0.3) is 0 Å². The maximum absolute atomic E-state index is 5.99. The van der Waals surface area contributed by atoms with Crippen molar-refractivity contribution >= 4 is 15.9 Å². The Morgan fingerprint density at radius 2 is 1.90 bits per heavy atom. The molecule has 2 atom stereocenters. The Balaban J connectivity index is 0.00000379. The standard InChI is InChI=1S/C22H33BrN4.C2H6/c1-4-7-10-19(5-2)20(6-3)16-26-22(21(23)15-24)11-8-9-14-27(25)17-18-12-13-18;1-2/h4-11,15,18-20,26H,1-3,12-14,16-17,24-25H2;1-2H3/b9-8+,10-7-,21-15-,22-11+;. The Morgan fingerprint density at radius 1 is 1.21 bits per heavy atom. The highest BCUT2D eigenvalue weighted by Gasteiger charge is 2.22. The number of rotatable bonds is 14.